The standard InChI is InChI=1S/C18H25NO3/c1-13-7-6-8-14(2)17(13)22-12-16(20)11-19-18(21)15-9-4-3-5-10-15/h3-4,6-8,15-16,20H,5,9-12H2,1-2H3,(H,19,21)/t15-,16-/m1/s1. The number of para-hydroxylation sites is 1. The molecule has 0 bridgehead atoms. The largest absolute Gasteiger partial charge is 0.490 e. The van der Waals surface area contributed by atoms with Crippen LogP contribution in [0.3, 0.4) is 0 Å². The van der Waals surface area contributed by atoms with E-state index in [1.54, 1.807) is 0 Å². The van der Waals surface area contributed by atoms with Gasteiger partial charge in [-0.05, 0) is 44.2 Å². The van der Waals surface area contributed by atoms with Crippen LogP contribution in [-0.2, 0) is 4.79 Å². The number of carbonyl (C=O) groups excluding carboxylic acids is 1. The lowest BCUT2D eigenvalue weighted by Gasteiger charge is -2.19. The van der Waals surface area contributed by atoms with Crippen molar-refractivity contribution in [2.24, 2.45) is 5.92 Å². The van der Waals surface area contributed by atoms with E-state index in [1.807, 2.05) is 38.1 Å². The second-order valence-electron chi connectivity index (χ2n) is 5.91. The number of allylic oxidation sites excluding steroid dienone is 2. The minimum atomic E-state index is -0.706. The maximum atomic E-state index is 12.0. The van der Waals surface area contributed by atoms with E-state index in [0.29, 0.717) is 0 Å². The summed E-state index contributed by atoms with van der Waals surface area (Å²) in [5, 5.41) is 12.8. The first-order valence-electron chi connectivity index (χ1n) is 7.87. The van der Waals surface area contributed by atoms with Crippen LogP contribution in [0, 0.1) is 19.8 Å². The topological polar surface area (TPSA) is 58.6 Å². The van der Waals surface area contributed by atoms with E-state index in [0.717, 1.165) is 36.1 Å². The van der Waals surface area contributed by atoms with Gasteiger partial charge in [0.25, 0.3) is 0 Å². The first-order valence-corrected chi connectivity index (χ1v) is 7.87. The number of rotatable bonds is 6. The van der Waals surface area contributed by atoms with Crippen LogP contribution in [0.1, 0.15) is 30.4 Å². The number of ether oxygens (including phenoxy) is 1. The molecule has 2 atom stereocenters. The number of nitrogens with one attached hydrogen (secondary N) is 1. The molecule has 0 spiro atoms. The summed E-state index contributed by atoms with van der Waals surface area (Å²) in [6.45, 7) is 4.36. The van der Waals surface area contributed by atoms with Crippen molar-refractivity contribution in [3.05, 3.63) is 41.5 Å². The SMILES string of the molecule is Cc1cccc(C)c1OC[C@H](O)CNC(=O)[C@@H]1CC=CCC1. The van der Waals surface area contributed by atoms with Gasteiger partial charge in [-0.3, -0.25) is 4.79 Å². The Morgan fingerprint density at radius 1 is 1.36 bits per heavy atom. The van der Waals surface area contributed by atoms with Gasteiger partial charge >= 0.3 is 0 Å². The number of hydrogen-bond donors (Lipinski definition) is 2. The molecule has 4 nitrogen and oxygen atoms in total. The van der Waals surface area contributed by atoms with E-state index in [1.165, 1.54) is 0 Å². The van der Waals surface area contributed by atoms with Gasteiger partial charge in [0.05, 0.1) is 0 Å². The Balaban J connectivity index is 1.75. The zero-order valence-corrected chi connectivity index (χ0v) is 13.3. The maximum absolute atomic E-state index is 12.0. The molecule has 0 saturated heterocycles. The summed E-state index contributed by atoms with van der Waals surface area (Å²) in [6.07, 6.45) is 6.08. The van der Waals surface area contributed by atoms with Gasteiger partial charge in [0.15, 0.2) is 0 Å². The Labute approximate surface area is 132 Å². The highest BCUT2D eigenvalue weighted by atomic mass is 16.5. The molecule has 120 valence electrons. The molecule has 2 N–H and O–H groups in total. The quantitative estimate of drug-likeness (QED) is 0.794. The molecule has 1 amide bonds. The molecule has 4 heteroatoms. The summed E-state index contributed by atoms with van der Waals surface area (Å²) in [5.41, 5.74) is 2.09. The van der Waals surface area contributed by atoms with Crippen molar-refractivity contribution < 1.29 is 14.6 Å². The van der Waals surface area contributed by atoms with Crippen molar-refractivity contribution in [2.75, 3.05) is 13.2 Å². The van der Waals surface area contributed by atoms with E-state index in [9.17, 15) is 9.90 Å². The minimum absolute atomic E-state index is 0.0236. The molecular weight excluding hydrogens is 278 g/mol. The van der Waals surface area contributed by atoms with Gasteiger partial charge in [-0.2, -0.15) is 0 Å². The molecule has 22 heavy (non-hydrogen) atoms. The lowest BCUT2D eigenvalue weighted by atomic mass is 9.94. The van der Waals surface area contributed by atoms with Gasteiger partial charge in [-0.1, -0.05) is 30.4 Å². The lowest BCUT2D eigenvalue weighted by Crippen LogP contribution is -2.38. The number of aliphatic hydroxyl groups excluding tert-OH is 1. The van der Waals surface area contributed by atoms with E-state index >= 15 is 0 Å². The summed E-state index contributed by atoms with van der Waals surface area (Å²) in [4.78, 5) is 12.0. The zero-order valence-electron chi connectivity index (χ0n) is 13.3. The average molecular weight is 303 g/mol. The van der Waals surface area contributed by atoms with E-state index in [-0.39, 0.29) is 25.0 Å². The van der Waals surface area contributed by atoms with Crippen molar-refractivity contribution in [1.29, 1.82) is 0 Å². The second-order valence-corrected chi connectivity index (χ2v) is 5.91. The molecule has 0 aromatic heterocycles. The fourth-order valence-electron chi connectivity index (χ4n) is 2.66. The van der Waals surface area contributed by atoms with Crippen LogP contribution in [0.5, 0.6) is 5.75 Å². The van der Waals surface area contributed by atoms with Gasteiger partial charge in [0.1, 0.15) is 18.5 Å². The summed E-state index contributed by atoms with van der Waals surface area (Å²) < 4.78 is 5.69. The summed E-state index contributed by atoms with van der Waals surface area (Å²) in [5.74, 6) is 0.873. The van der Waals surface area contributed by atoms with Crippen LogP contribution in [0.25, 0.3) is 0 Å². The van der Waals surface area contributed by atoms with Crippen LogP contribution < -0.4 is 10.1 Å². The Kier molecular flexibility index (Phi) is 6.01. The van der Waals surface area contributed by atoms with Crippen molar-refractivity contribution in [2.45, 2.75) is 39.2 Å². The Bertz CT molecular complexity index is 519. The number of hydrogen-bond acceptors (Lipinski definition) is 3. The third-order valence-electron chi connectivity index (χ3n) is 3.98. The maximum Gasteiger partial charge on any atom is 0.223 e. The predicted molar refractivity (Wildman–Crippen MR) is 86.9 cm³/mol. The molecule has 1 aromatic carbocycles. The Morgan fingerprint density at radius 2 is 2.09 bits per heavy atom. The molecule has 2 rings (SSSR count). The molecule has 0 aliphatic heterocycles. The van der Waals surface area contributed by atoms with Crippen LogP contribution in [0.15, 0.2) is 30.4 Å². The number of benzene rings is 1. The number of amides is 1. The Hall–Kier alpha value is -1.81. The van der Waals surface area contributed by atoms with Gasteiger partial charge < -0.3 is 15.2 Å². The van der Waals surface area contributed by atoms with Crippen LogP contribution in [0.2, 0.25) is 0 Å². The smallest absolute Gasteiger partial charge is 0.223 e. The monoisotopic (exact) mass is 303 g/mol. The average Bonchev–Trinajstić information content (AvgIpc) is 2.53. The molecule has 0 heterocycles. The van der Waals surface area contributed by atoms with E-state index in [2.05, 4.69) is 11.4 Å². The summed E-state index contributed by atoms with van der Waals surface area (Å²) in [6, 6.07) is 5.94. The minimum Gasteiger partial charge on any atom is -0.490 e. The van der Waals surface area contributed by atoms with Crippen LogP contribution in [-0.4, -0.2) is 30.3 Å². The van der Waals surface area contributed by atoms with E-state index in [4.69, 9.17) is 4.74 Å². The summed E-state index contributed by atoms with van der Waals surface area (Å²) in [7, 11) is 0. The molecular formula is C18H25NO3. The molecule has 0 radical (unpaired) electrons. The Morgan fingerprint density at radius 3 is 2.73 bits per heavy atom. The second kappa shape index (κ2) is 7.99. The predicted octanol–water partition coefficient (Wildman–Crippen LogP) is 2.52. The number of aliphatic hydroxyl groups is 1. The zero-order chi connectivity index (χ0) is 15.9. The first kappa shape index (κ1) is 16.6. The first-order chi connectivity index (χ1) is 10.6. The molecule has 1 aromatic rings. The van der Waals surface area contributed by atoms with Gasteiger partial charge in [-0.15, -0.1) is 0 Å². The van der Waals surface area contributed by atoms with Crippen molar-refractivity contribution in [3.63, 3.8) is 0 Å². The highest BCUT2D eigenvalue weighted by Gasteiger charge is 2.19. The number of aryl methyl sites for hydroxylation is 2. The molecule has 1 aliphatic rings. The van der Waals surface area contributed by atoms with Gasteiger partial charge in [0, 0.05) is 12.5 Å². The van der Waals surface area contributed by atoms with Crippen LogP contribution in [0.4, 0.5) is 0 Å². The fraction of sp³-hybridized carbons (Fsp3) is 0.500. The normalized spacial score (nSPS) is 18.8. The van der Waals surface area contributed by atoms with Crippen molar-refractivity contribution in [3.8, 4) is 5.75 Å². The third-order valence-corrected chi connectivity index (χ3v) is 3.98. The van der Waals surface area contributed by atoms with Gasteiger partial charge in [0.2, 0.25) is 5.91 Å². The molecule has 0 saturated carbocycles. The molecule has 0 unspecified atom stereocenters. The summed E-state index contributed by atoms with van der Waals surface area (Å²) >= 11 is 0. The van der Waals surface area contributed by atoms with Crippen molar-refractivity contribution in [1.82, 2.24) is 5.32 Å². The number of carbonyl (C=O) groups is 1. The lowest BCUT2D eigenvalue weighted by molar-refractivity contribution is -0.125. The fourth-order valence-corrected chi connectivity index (χ4v) is 2.66. The molecule has 1 aliphatic carbocycles. The highest BCUT2D eigenvalue weighted by Crippen LogP contribution is 2.22. The van der Waals surface area contributed by atoms with Crippen LogP contribution >= 0.6 is 0 Å². The van der Waals surface area contributed by atoms with E-state index < -0.39 is 6.10 Å². The highest BCUT2D eigenvalue weighted by molar-refractivity contribution is 5.78. The third kappa shape index (κ3) is 4.60. The van der Waals surface area contributed by atoms with Crippen molar-refractivity contribution >= 4 is 5.91 Å². The van der Waals surface area contributed by atoms with Gasteiger partial charge in [-0.25, -0.2) is 0 Å². The molecule has 0 fully saturated rings.